The lowest BCUT2D eigenvalue weighted by atomic mass is 10.2. The van der Waals surface area contributed by atoms with Crippen LogP contribution in [0.5, 0.6) is 5.75 Å². The topological polar surface area (TPSA) is 135 Å². The number of aromatic nitrogens is 3. The number of ether oxygens (including phenoxy) is 2. The zero-order valence-corrected chi connectivity index (χ0v) is 18.2. The first-order valence-electron chi connectivity index (χ1n) is 9.43. The predicted octanol–water partition coefficient (Wildman–Crippen LogP) is 2.26. The van der Waals surface area contributed by atoms with E-state index in [0.29, 0.717) is 33.5 Å². The van der Waals surface area contributed by atoms with E-state index in [1.54, 1.807) is 55.6 Å². The zero-order chi connectivity index (χ0) is 22.9. The highest BCUT2D eigenvalue weighted by Crippen LogP contribution is 2.15. The molecule has 10 nitrogen and oxygen atoms in total. The average molecular weight is 455 g/mol. The second kappa shape index (κ2) is 11.0. The van der Waals surface area contributed by atoms with Crippen LogP contribution in [0.3, 0.4) is 0 Å². The molecule has 0 bridgehead atoms. The maximum absolute atomic E-state index is 12.2. The van der Waals surface area contributed by atoms with Crippen LogP contribution in [0.25, 0.3) is 0 Å². The molecule has 3 aromatic rings. The number of benzene rings is 2. The number of esters is 1. The van der Waals surface area contributed by atoms with Crippen molar-refractivity contribution in [2.75, 3.05) is 25.3 Å². The summed E-state index contributed by atoms with van der Waals surface area (Å²) in [5.74, 6) is 0.276. The Kier molecular flexibility index (Phi) is 7.81. The molecular formula is C21H21N5O5S. The molecule has 0 spiro atoms. The number of carbonyl (C=O) groups excluding carboxylic acids is 3. The van der Waals surface area contributed by atoms with Crippen LogP contribution in [0.4, 0.5) is 5.69 Å². The van der Waals surface area contributed by atoms with Gasteiger partial charge in [-0.1, -0.05) is 11.8 Å². The van der Waals surface area contributed by atoms with Crippen LogP contribution in [-0.4, -0.2) is 52.9 Å². The van der Waals surface area contributed by atoms with E-state index in [1.165, 1.54) is 7.11 Å². The summed E-state index contributed by atoms with van der Waals surface area (Å²) >= 11 is 1.15. The summed E-state index contributed by atoms with van der Waals surface area (Å²) in [6.07, 6.45) is 0. The minimum atomic E-state index is -0.445. The van der Waals surface area contributed by atoms with E-state index in [4.69, 9.17) is 4.74 Å². The summed E-state index contributed by atoms with van der Waals surface area (Å²) in [6.45, 7) is 0.164. The van der Waals surface area contributed by atoms with Gasteiger partial charge in [-0.3, -0.25) is 14.7 Å². The number of hydrogen-bond donors (Lipinski definition) is 3. The molecule has 3 N–H and O–H groups in total. The van der Waals surface area contributed by atoms with Crippen LogP contribution in [0.1, 0.15) is 26.5 Å². The maximum atomic E-state index is 12.2. The number of anilines is 1. The van der Waals surface area contributed by atoms with Crippen molar-refractivity contribution in [2.45, 2.75) is 11.7 Å². The van der Waals surface area contributed by atoms with Gasteiger partial charge in [0, 0.05) is 11.3 Å². The van der Waals surface area contributed by atoms with Gasteiger partial charge in [-0.2, -0.15) is 0 Å². The fraction of sp³-hybridized carbons (Fsp3) is 0.190. The molecule has 2 amide bonds. The maximum Gasteiger partial charge on any atom is 0.337 e. The Balaban J connectivity index is 1.43. The molecule has 0 aliphatic carbocycles. The summed E-state index contributed by atoms with van der Waals surface area (Å²) in [4.78, 5) is 40.0. The first kappa shape index (κ1) is 22.8. The standard InChI is InChI=1S/C21H21N5O5S/c1-30-16-9-5-13(6-10-16)19(28)22-11-17-24-21(26-25-17)32-12-18(27)23-15-7-3-14(4-8-15)20(29)31-2/h3-10H,11-12H2,1-2H3,(H,22,28)(H,23,27)(H,24,25,26). The quantitative estimate of drug-likeness (QED) is 0.330. The van der Waals surface area contributed by atoms with E-state index in [9.17, 15) is 14.4 Å². The Bertz CT molecular complexity index is 1080. The van der Waals surface area contributed by atoms with Crippen LogP contribution in [0.2, 0.25) is 0 Å². The number of thioether (sulfide) groups is 1. The second-order valence-corrected chi connectivity index (χ2v) is 7.32. The molecule has 0 fully saturated rings. The first-order valence-corrected chi connectivity index (χ1v) is 10.4. The van der Waals surface area contributed by atoms with Gasteiger partial charge in [-0.05, 0) is 48.5 Å². The molecule has 2 aromatic carbocycles. The molecule has 0 saturated carbocycles. The third-order valence-electron chi connectivity index (χ3n) is 4.20. The highest BCUT2D eigenvalue weighted by Gasteiger charge is 2.11. The minimum Gasteiger partial charge on any atom is -0.497 e. The number of nitrogens with one attached hydrogen (secondary N) is 3. The summed E-state index contributed by atoms with van der Waals surface area (Å²) in [5, 5.41) is 12.6. The van der Waals surface area contributed by atoms with Crippen molar-refractivity contribution in [2.24, 2.45) is 0 Å². The number of amides is 2. The lowest BCUT2D eigenvalue weighted by molar-refractivity contribution is -0.113. The molecule has 3 rings (SSSR count). The summed E-state index contributed by atoms with van der Waals surface area (Å²) < 4.78 is 9.70. The van der Waals surface area contributed by atoms with Gasteiger partial charge in [0.15, 0.2) is 0 Å². The number of methoxy groups -OCH3 is 2. The SMILES string of the molecule is COC(=O)c1ccc(NC(=O)CSc2n[nH]c(CNC(=O)c3ccc(OC)cc3)n2)cc1. The molecule has 166 valence electrons. The Morgan fingerprint density at radius 1 is 1.00 bits per heavy atom. The number of nitrogens with zero attached hydrogens (tertiary/aromatic N) is 2. The van der Waals surface area contributed by atoms with Crippen molar-refractivity contribution >= 4 is 35.2 Å². The highest BCUT2D eigenvalue weighted by atomic mass is 32.2. The van der Waals surface area contributed by atoms with Crippen molar-refractivity contribution in [1.82, 2.24) is 20.5 Å². The van der Waals surface area contributed by atoms with Gasteiger partial charge in [-0.15, -0.1) is 5.10 Å². The summed E-state index contributed by atoms with van der Waals surface area (Å²) in [6, 6.07) is 13.1. The van der Waals surface area contributed by atoms with E-state index in [0.717, 1.165) is 11.8 Å². The van der Waals surface area contributed by atoms with Crippen LogP contribution in [0, 0.1) is 0 Å². The first-order chi connectivity index (χ1) is 15.5. The molecule has 1 heterocycles. The normalized spacial score (nSPS) is 10.3. The third kappa shape index (κ3) is 6.32. The van der Waals surface area contributed by atoms with Crippen LogP contribution < -0.4 is 15.4 Å². The Morgan fingerprint density at radius 3 is 2.34 bits per heavy atom. The van der Waals surface area contributed by atoms with E-state index in [2.05, 4.69) is 30.6 Å². The average Bonchev–Trinajstić information content (AvgIpc) is 3.29. The fourth-order valence-corrected chi connectivity index (χ4v) is 3.18. The molecule has 0 atom stereocenters. The van der Waals surface area contributed by atoms with Crippen molar-refractivity contribution in [3.05, 3.63) is 65.5 Å². The van der Waals surface area contributed by atoms with E-state index < -0.39 is 5.97 Å². The molecule has 0 unspecified atom stereocenters. The summed E-state index contributed by atoms with van der Waals surface area (Å²) in [7, 11) is 2.86. The summed E-state index contributed by atoms with van der Waals surface area (Å²) in [5.41, 5.74) is 1.45. The minimum absolute atomic E-state index is 0.0915. The second-order valence-electron chi connectivity index (χ2n) is 6.38. The largest absolute Gasteiger partial charge is 0.497 e. The van der Waals surface area contributed by atoms with Gasteiger partial charge in [0.25, 0.3) is 5.91 Å². The molecule has 0 saturated heterocycles. The molecule has 0 aliphatic rings. The van der Waals surface area contributed by atoms with Crippen LogP contribution in [0.15, 0.2) is 53.7 Å². The molecule has 0 radical (unpaired) electrons. The Hall–Kier alpha value is -3.86. The van der Waals surface area contributed by atoms with Gasteiger partial charge in [0.05, 0.1) is 32.1 Å². The van der Waals surface area contributed by atoms with Gasteiger partial charge in [0.1, 0.15) is 11.6 Å². The molecule has 32 heavy (non-hydrogen) atoms. The van der Waals surface area contributed by atoms with Crippen molar-refractivity contribution in [3.63, 3.8) is 0 Å². The van der Waals surface area contributed by atoms with Gasteiger partial charge >= 0.3 is 5.97 Å². The predicted molar refractivity (Wildman–Crippen MR) is 118 cm³/mol. The molecule has 0 aliphatic heterocycles. The van der Waals surface area contributed by atoms with E-state index in [1.807, 2.05) is 0 Å². The van der Waals surface area contributed by atoms with Crippen molar-refractivity contribution in [3.8, 4) is 5.75 Å². The van der Waals surface area contributed by atoms with Crippen molar-refractivity contribution < 1.29 is 23.9 Å². The number of H-pyrrole nitrogens is 1. The molecule has 11 heteroatoms. The lowest BCUT2D eigenvalue weighted by Gasteiger charge is -2.05. The Morgan fingerprint density at radius 2 is 1.69 bits per heavy atom. The number of rotatable bonds is 9. The van der Waals surface area contributed by atoms with Crippen molar-refractivity contribution in [1.29, 1.82) is 0 Å². The third-order valence-corrected chi connectivity index (χ3v) is 5.05. The number of hydrogen-bond acceptors (Lipinski definition) is 8. The van der Waals surface area contributed by atoms with Gasteiger partial charge in [0.2, 0.25) is 11.1 Å². The number of carbonyl (C=O) groups is 3. The highest BCUT2D eigenvalue weighted by molar-refractivity contribution is 7.99. The fourth-order valence-electron chi connectivity index (χ4n) is 2.56. The molecule has 1 aromatic heterocycles. The van der Waals surface area contributed by atoms with Gasteiger partial charge < -0.3 is 20.1 Å². The zero-order valence-electron chi connectivity index (χ0n) is 17.4. The number of aromatic amines is 1. The monoisotopic (exact) mass is 455 g/mol. The van der Waals surface area contributed by atoms with E-state index >= 15 is 0 Å². The smallest absolute Gasteiger partial charge is 0.337 e. The van der Waals surface area contributed by atoms with E-state index in [-0.39, 0.29) is 24.1 Å². The lowest BCUT2D eigenvalue weighted by Crippen LogP contribution is -2.23. The molecular weight excluding hydrogens is 434 g/mol. The van der Waals surface area contributed by atoms with Crippen LogP contribution in [-0.2, 0) is 16.1 Å². The Labute approximate surface area is 188 Å². The van der Waals surface area contributed by atoms with Crippen LogP contribution >= 0.6 is 11.8 Å². The van der Waals surface area contributed by atoms with Gasteiger partial charge in [-0.25, -0.2) is 9.78 Å².